The third-order valence-corrected chi connectivity index (χ3v) is 1.17. The minimum absolute atomic E-state index is 0.0385. The lowest BCUT2D eigenvalue weighted by molar-refractivity contribution is -0.288. The second-order valence-electron chi connectivity index (χ2n) is 2.42. The summed E-state index contributed by atoms with van der Waals surface area (Å²) in [7, 11) is 0. The molecule has 17 heavy (non-hydrogen) atoms. The zero-order chi connectivity index (χ0) is 13.3. The quantitative estimate of drug-likeness (QED) is 0.319. The van der Waals surface area contributed by atoms with Crippen molar-refractivity contribution in [2.24, 2.45) is 0 Å². The van der Waals surface area contributed by atoms with Crippen LogP contribution in [0.25, 0.3) is 0 Å². The Morgan fingerprint density at radius 1 is 1.06 bits per heavy atom. The number of allylic oxidation sites excluding steroid dienone is 1. The van der Waals surface area contributed by atoms with Gasteiger partial charge in [-0.3, -0.25) is 0 Å². The van der Waals surface area contributed by atoms with Crippen LogP contribution in [0.3, 0.4) is 0 Å². The molecule has 0 fully saturated rings. The first-order chi connectivity index (χ1) is 8.01. The fourth-order valence-electron chi connectivity index (χ4n) is 0.518. The van der Waals surface area contributed by atoms with Crippen LogP contribution in [-0.2, 0) is 29.1 Å². The highest BCUT2D eigenvalue weighted by atomic mass is 17.3. The Hall–Kier alpha value is -2.57. The maximum absolute atomic E-state index is 11.0. The van der Waals surface area contributed by atoms with E-state index >= 15 is 0 Å². The summed E-state index contributed by atoms with van der Waals surface area (Å²) in [5, 5.41) is 0. The third-order valence-electron chi connectivity index (χ3n) is 1.17. The van der Waals surface area contributed by atoms with Gasteiger partial charge in [-0.05, 0) is 6.92 Å². The molecule has 7 nitrogen and oxygen atoms in total. The first kappa shape index (κ1) is 14.4. The molecule has 92 valence electrons. The summed E-state index contributed by atoms with van der Waals surface area (Å²) >= 11 is 0. The molecule has 0 atom stereocenters. The van der Waals surface area contributed by atoms with Gasteiger partial charge in [0.25, 0.3) is 0 Å². The van der Waals surface area contributed by atoms with Crippen molar-refractivity contribution >= 4 is 18.1 Å². The van der Waals surface area contributed by atoms with Crippen molar-refractivity contribution in [1.29, 1.82) is 0 Å². The summed E-state index contributed by atoms with van der Waals surface area (Å²) in [5.41, 5.74) is -0.0385. The molecular formula is C10H10O7. The standard InChI is InChI=1S/C10H10O7/c1-4-6-7(3)9(12)15-17-10(13)16-14-8(11)5-2/h4-6H,2-3H2,1H3/b6-4+. The van der Waals surface area contributed by atoms with Crippen LogP contribution in [0.5, 0.6) is 0 Å². The molecule has 0 saturated heterocycles. The fourth-order valence-corrected chi connectivity index (χ4v) is 0.518. The van der Waals surface area contributed by atoms with Crippen LogP contribution < -0.4 is 0 Å². The normalized spacial score (nSPS) is 9.24. The predicted octanol–water partition coefficient (Wildman–Crippen LogP) is 1.37. The maximum Gasteiger partial charge on any atom is 0.592 e. The molecule has 0 radical (unpaired) electrons. The van der Waals surface area contributed by atoms with E-state index in [1.807, 2.05) is 0 Å². The van der Waals surface area contributed by atoms with Crippen molar-refractivity contribution in [2.45, 2.75) is 6.92 Å². The minimum atomic E-state index is -1.53. The van der Waals surface area contributed by atoms with Gasteiger partial charge in [-0.1, -0.05) is 25.3 Å². The number of hydrogen-bond donors (Lipinski definition) is 0. The van der Waals surface area contributed by atoms with Crippen LogP contribution in [0, 0.1) is 0 Å². The molecule has 0 N–H and O–H groups in total. The van der Waals surface area contributed by atoms with E-state index in [1.165, 1.54) is 12.2 Å². The Kier molecular flexibility index (Phi) is 6.52. The molecule has 0 rings (SSSR count). The molecule has 0 heterocycles. The Labute approximate surface area is 96.8 Å². The van der Waals surface area contributed by atoms with Crippen LogP contribution in [0.4, 0.5) is 4.79 Å². The molecule has 0 aliphatic carbocycles. The van der Waals surface area contributed by atoms with E-state index in [4.69, 9.17) is 0 Å². The SMILES string of the molecule is C=CC(=O)OOC(=O)OOC(=O)C(=C)/C=C/C. The average molecular weight is 242 g/mol. The summed E-state index contributed by atoms with van der Waals surface area (Å²) in [6.07, 6.45) is 2.11. The molecule has 0 saturated carbocycles. The smallest absolute Gasteiger partial charge is 0.242 e. The molecule has 7 heteroatoms. The van der Waals surface area contributed by atoms with Crippen molar-refractivity contribution in [3.63, 3.8) is 0 Å². The largest absolute Gasteiger partial charge is 0.592 e. The molecule has 0 spiro atoms. The molecule has 0 amide bonds. The van der Waals surface area contributed by atoms with Crippen LogP contribution in [0.2, 0.25) is 0 Å². The van der Waals surface area contributed by atoms with Gasteiger partial charge >= 0.3 is 18.1 Å². The summed E-state index contributed by atoms with van der Waals surface area (Å²) in [6.45, 7) is 8.02. The van der Waals surface area contributed by atoms with Gasteiger partial charge in [-0.25, -0.2) is 29.1 Å². The molecule has 0 aromatic heterocycles. The Morgan fingerprint density at radius 3 is 2.18 bits per heavy atom. The number of hydrogen-bond acceptors (Lipinski definition) is 7. The van der Waals surface area contributed by atoms with Gasteiger partial charge in [0, 0.05) is 6.08 Å². The van der Waals surface area contributed by atoms with Crippen molar-refractivity contribution in [1.82, 2.24) is 0 Å². The molecule has 0 aliphatic rings. The third kappa shape index (κ3) is 6.50. The van der Waals surface area contributed by atoms with Crippen molar-refractivity contribution < 1.29 is 33.9 Å². The van der Waals surface area contributed by atoms with Gasteiger partial charge in [0.2, 0.25) is 0 Å². The number of carbonyl (C=O) groups is 3. The van der Waals surface area contributed by atoms with Crippen LogP contribution in [0.15, 0.2) is 37.0 Å². The van der Waals surface area contributed by atoms with Gasteiger partial charge in [0.1, 0.15) is 0 Å². The molecule has 0 aromatic carbocycles. The lowest BCUT2D eigenvalue weighted by atomic mass is 10.3. The topological polar surface area (TPSA) is 88.1 Å². The van der Waals surface area contributed by atoms with Crippen molar-refractivity contribution in [3.05, 3.63) is 37.0 Å². The summed E-state index contributed by atoms with van der Waals surface area (Å²) < 4.78 is 0. The lowest BCUT2D eigenvalue weighted by Gasteiger charge is -2.01. The van der Waals surface area contributed by atoms with E-state index in [-0.39, 0.29) is 5.57 Å². The van der Waals surface area contributed by atoms with Gasteiger partial charge in [-0.2, -0.15) is 4.79 Å². The van der Waals surface area contributed by atoms with E-state index < -0.39 is 18.1 Å². The zero-order valence-corrected chi connectivity index (χ0v) is 9.00. The summed E-state index contributed by atoms with van der Waals surface area (Å²) in [4.78, 5) is 47.6. The monoisotopic (exact) mass is 242 g/mol. The zero-order valence-electron chi connectivity index (χ0n) is 9.00. The van der Waals surface area contributed by atoms with Crippen molar-refractivity contribution in [3.8, 4) is 0 Å². The first-order valence-electron chi connectivity index (χ1n) is 4.26. The second kappa shape index (κ2) is 7.69. The number of carbonyl (C=O) groups excluding carboxylic acids is 3. The Bertz CT molecular complexity index is 367. The van der Waals surface area contributed by atoms with Crippen molar-refractivity contribution in [2.75, 3.05) is 0 Å². The summed E-state index contributed by atoms with van der Waals surface area (Å²) in [6, 6.07) is 0. The molecule has 0 aliphatic heterocycles. The molecule has 0 bridgehead atoms. The minimum Gasteiger partial charge on any atom is -0.242 e. The average Bonchev–Trinajstić information content (AvgIpc) is 2.32. The van der Waals surface area contributed by atoms with Gasteiger partial charge in [-0.15, -0.1) is 0 Å². The molecular weight excluding hydrogens is 232 g/mol. The second-order valence-corrected chi connectivity index (χ2v) is 2.42. The van der Waals surface area contributed by atoms with Gasteiger partial charge in [0.15, 0.2) is 0 Å². The van der Waals surface area contributed by atoms with E-state index in [0.29, 0.717) is 0 Å². The Morgan fingerprint density at radius 2 is 1.65 bits per heavy atom. The Balaban J connectivity index is 3.92. The van der Waals surface area contributed by atoms with Gasteiger partial charge < -0.3 is 0 Å². The van der Waals surface area contributed by atoms with E-state index in [1.54, 1.807) is 6.92 Å². The fraction of sp³-hybridized carbons (Fsp3) is 0.100. The van der Waals surface area contributed by atoms with Gasteiger partial charge in [0.05, 0.1) is 5.57 Å². The highest BCUT2D eigenvalue weighted by molar-refractivity contribution is 5.90. The highest BCUT2D eigenvalue weighted by Gasteiger charge is 2.14. The number of rotatable bonds is 3. The van der Waals surface area contributed by atoms with E-state index in [0.717, 1.165) is 6.08 Å². The molecule has 0 aromatic rings. The highest BCUT2D eigenvalue weighted by Crippen LogP contribution is 1.99. The lowest BCUT2D eigenvalue weighted by Crippen LogP contribution is -2.15. The van der Waals surface area contributed by atoms with E-state index in [9.17, 15) is 14.4 Å². The van der Waals surface area contributed by atoms with E-state index in [2.05, 4.69) is 32.7 Å². The predicted molar refractivity (Wildman–Crippen MR) is 53.9 cm³/mol. The van der Waals surface area contributed by atoms with Crippen LogP contribution >= 0.6 is 0 Å². The maximum atomic E-state index is 11.0. The molecule has 0 unspecified atom stereocenters. The first-order valence-corrected chi connectivity index (χ1v) is 4.26. The van der Waals surface area contributed by atoms with Crippen LogP contribution in [-0.4, -0.2) is 18.1 Å². The van der Waals surface area contributed by atoms with Crippen LogP contribution in [0.1, 0.15) is 6.92 Å². The summed E-state index contributed by atoms with van der Waals surface area (Å²) in [5.74, 6) is -2.00.